The summed E-state index contributed by atoms with van der Waals surface area (Å²) in [5.41, 5.74) is 2.22. The number of hydrogen-bond acceptors (Lipinski definition) is 7. The van der Waals surface area contributed by atoms with E-state index in [1.54, 1.807) is 21.3 Å². The molecule has 35 heavy (non-hydrogen) atoms. The summed E-state index contributed by atoms with van der Waals surface area (Å²) in [6.07, 6.45) is 0. The molecule has 7 nitrogen and oxygen atoms in total. The van der Waals surface area contributed by atoms with E-state index in [0.717, 1.165) is 24.5 Å². The molecule has 0 heterocycles. The molecule has 0 fully saturated rings. The lowest BCUT2D eigenvalue weighted by Crippen LogP contribution is -2.18. The number of esters is 1. The van der Waals surface area contributed by atoms with E-state index in [9.17, 15) is 4.79 Å². The fourth-order valence-corrected chi connectivity index (χ4v) is 2.85. The predicted molar refractivity (Wildman–Crippen MR) is 140 cm³/mol. The van der Waals surface area contributed by atoms with Gasteiger partial charge in [0.25, 0.3) is 0 Å². The van der Waals surface area contributed by atoms with Crippen LogP contribution in [0.1, 0.15) is 45.7 Å². The van der Waals surface area contributed by atoms with Gasteiger partial charge in [-0.25, -0.2) is 0 Å². The maximum atomic E-state index is 10.9. The Morgan fingerprint density at radius 2 is 1.09 bits per heavy atom. The van der Waals surface area contributed by atoms with E-state index in [1.165, 1.54) is 12.5 Å². The van der Waals surface area contributed by atoms with Crippen molar-refractivity contribution in [2.75, 3.05) is 61.0 Å². The van der Waals surface area contributed by atoms with Gasteiger partial charge in [-0.15, -0.1) is 0 Å². The first-order chi connectivity index (χ1) is 16.8. The monoisotopic (exact) mass is 492 g/mol. The van der Waals surface area contributed by atoms with E-state index in [1.807, 2.05) is 50.2 Å². The Hall–Kier alpha value is -2.45. The first kappa shape index (κ1) is 32.5. The third kappa shape index (κ3) is 14.5. The molecule has 0 saturated heterocycles. The second-order valence-corrected chi connectivity index (χ2v) is 7.85. The molecule has 2 aromatic rings. The highest BCUT2D eigenvalue weighted by molar-refractivity contribution is 5.69. The lowest BCUT2D eigenvalue weighted by atomic mass is 9.78. The second-order valence-electron chi connectivity index (χ2n) is 7.85. The van der Waals surface area contributed by atoms with Crippen LogP contribution in [0.2, 0.25) is 0 Å². The number of methoxy groups -OCH3 is 3. The van der Waals surface area contributed by atoms with Gasteiger partial charge in [0.2, 0.25) is 0 Å². The number of rotatable bonds is 12. The van der Waals surface area contributed by atoms with E-state index < -0.39 is 0 Å². The Labute approximate surface area is 211 Å². The highest BCUT2D eigenvalue weighted by atomic mass is 16.5. The van der Waals surface area contributed by atoms with Crippen molar-refractivity contribution >= 4 is 5.97 Å². The van der Waals surface area contributed by atoms with Crippen LogP contribution >= 0.6 is 0 Å². The Balaban J connectivity index is 0.000000680. The van der Waals surface area contributed by atoms with Gasteiger partial charge in [0, 0.05) is 39.8 Å². The van der Waals surface area contributed by atoms with Crippen LogP contribution in [0, 0.1) is 0 Å². The lowest BCUT2D eigenvalue weighted by molar-refractivity contribution is -0.131. The maximum absolute atomic E-state index is 10.9. The summed E-state index contributed by atoms with van der Waals surface area (Å²) in [5, 5.41) is 0. The van der Waals surface area contributed by atoms with Gasteiger partial charge < -0.3 is 28.4 Å². The zero-order valence-electron chi connectivity index (χ0n) is 22.7. The average Bonchev–Trinajstić information content (AvgIpc) is 2.85. The van der Waals surface area contributed by atoms with Crippen molar-refractivity contribution in [3.05, 3.63) is 59.7 Å². The van der Waals surface area contributed by atoms with Crippen molar-refractivity contribution in [1.82, 2.24) is 0 Å². The molecule has 0 atom stereocenters. The zero-order chi connectivity index (χ0) is 26.5. The third-order valence-electron chi connectivity index (χ3n) is 4.92. The van der Waals surface area contributed by atoms with Crippen molar-refractivity contribution in [2.45, 2.75) is 40.0 Å². The summed E-state index contributed by atoms with van der Waals surface area (Å²) in [7, 11) is 4.99. The van der Waals surface area contributed by atoms with Crippen LogP contribution in [0.3, 0.4) is 0 Å². The summed E-state index contributed by atoms with van der Waals surface area (Å²) in [6.45, 7) is 14.1. The molecule has 0 aliphatic carbocycles. The molecule has 0 unspecified atom stereocenters. The third-order valence-corrected chi connectivity index (χ3v) is 4.92. The highest BCUT2D eigenvalue weighted by Crippen LogP contribution is 2.33. The molecule has 0 saturated carbocycles. The molecule has 2 rings (SSSR count). The quantitative estimate of drug-likeness (QED) is 0.227. The van der Waals surface area contributed by atoms with Gasteiger partial charge in [0.05, 0.1) is 33.5 Å². The van der Waals surface area contributed by atoms with Crippen LogP contribution in [0.4, 0.5) is 0 Å². The number of benzene rings is 2. The highest BCUT2D eigenvalue weighted by Gasteiger charge is 2.23. The number of hydrogen-bond donors (Lipinski definition) is 0. The molecule has 198 valence electrons. The molecule has 0 aromatic heterocycles. The lowest BCUT2D eigenvalue weighted by Gasteiger charge is -2.26. The summed E-state index contributed by atoms with van der Waals surface area (Å²) in [4.78, 5) is 10.9. The molecule has 7 heteroatoms. The first-order valence-electron chi connectivity index (χ1n) is 11.8. The van der Waals surface area contributed by atoms with Crippen LogP contribution in [0.25, 0.3) is 0 Å². The predicted octanol–water partition coefficient (Wildman–Crippen LogP) is 5.29. The summed E-state index contributed by atoms with van der Waals surface area (Å²) < 4.78 is 29.6. The summed E-state index contributed by atoms with van der Waals surface area (Å²) in [5.74, 6) is 1.11. The van der Waals surface area contributed by atoms with Crippen molar-refractivity contribution in [3.63, 3.8) is 0 Å². The number of carbonyl (C=O) groups is 1. The van der Waals surface area contributed by atoms with E-state index >= 15 is 0 Å². The van der Waals surface area contributed by atoms with E-state index in [4.69, 9.17) is 28.4 Å². The first-order valence-corrected chi connectivity index (χ1v) is 11.8. The molecular weight excluding hydrogens is 448 g/mol. The number of carbonyl (C=O) groups excluding carboxylic acids is 1. The second kappa shape index (κ2) is 19.8. The number of ether oxygens (including phenoxy) is 6. The van der Waals surface area contributed by atoms with Crippen LogP contribution in [-0.2, 0) is 29.2 Å². The van der Waals surface area contributed by atoms with Gasteiger partial charge in [-0.3, -0.25) is 4.79 Å². The minimum Gasteiger partial charge on any atom is -0.497 e. The van der Waals surface area contributed by atoms with Gasteiger partial charge in [-0.1, -0.05) is 38.1 Å². The molecule has 0 N–H and O–H groups in total. The van der Waals surface area contributed by atoms with Gasteiger partial charge in [0.1, 0.15) is 11.5 Å². The SMILES string of the molecule is CCOCCOC.CCOCCOC.COc1ccc(C(C)(C)c2ccc(OC(C)=O)cc2)cc1. The van der Waals surface area contributed by atoms with E-state index in [2.05, 4.69) is 26.0 Å². The molecule has 0 radical (unpaired) electrons. The summed E-state index contributed by atoms with van der Waals surface area (Å²) >= 11 is 0. The Kier molecular flexibility index (Phi) is 18.4. The minimum absolute atomic E-state index is 0.138. The molecular formula is C28H44O7. The van der Waals surface area contributed by atoms with Crippen LogP contribution < -0.4 is 9.47 Å². The van der Waals surface area contributed by atoms with Gasteiger partial charge in [-0.05, 0) is 49.2 Å². The van der Waals surface area contributed by atoms with Gasteiger partial charge in [0.15, 0.2) is 0 Å². The van der Waals surface area contributed by atoms with Crippen molar-refractivity contribution in [2.24, 2.45) is 0 Å². The van der Waals surface area contributed by atoms with Gasteiger partial charge >= 0.3 is 5.97 Å². The fourth-order valence-electron chi connectivity index (χ4n) is 2.85. The fraction of sp³-hybridized carbons (Fsp3) is 0.536. The largest absolute Gasteiger partial charge is 0.497 e. The molecule has 0 aliphatic rings. The zero-order valence-corrected chi connectivity index (χ0v) is 22.7. The van der Waals surface area contributed by atoms with E-state index in [0.29, 0.717) is 32.2 Å². The maximum Gasteiger partial charge on any atom is 0.308 e. The topological polar surface area (TPSA) is 72.5 Å². The molecule has 0 bridgehead atoms. The van der Waals surface area contributed by atoms with Crippen LogP contribution in [-0.4, -0.2) is 66.9 Å². The summed E-state index contributed by atoms with van der Waals surface area (Å²) in [6, 6.07) is 15.7. The van der Waals surface area contributed by atoms with Crippen molar-refractivity contribution in [1.29, 1.82) is 0 Å². The molecule has 0 amide bonds. The average molecular weight is 493 g/mol. The molecule has 0 spiro atoms. The smallest absolute Gasteiger partial charge is 0.308 e. The van der Waals surface area contributed by atoms with Crippen molar-refractivity contribution < 1.29 is 33.2 Å². The van der Waals surface area contributed by atoms with Crippen molar-refractivity contribution in [3.8, 4) is 11.5 Å². The standard InChI is InChI=1S/C18H20O3.2C5H12O2/c1-13(19)21-17-11-7-15(8-12-17)18(2,3)14-5-9-16(20-4)10-6-14;2*1-3-7-5-4-6-2/h5-12H,1-4H3;2*3-5H2,1-2H3. The van der Waals surface area contributed by atoms with Crippen LogP contribution in [0.5, 0.6) is 11.5 Å². The van der Waals surface area contributed by atoms with Crippen LogP contribution in [0.15, 0.2) is 48.5 Å². The molecule has 2 aromatic carbocycles. The Morgan fingerprint density at radius 3 is 1.40 bits per heavy atom. The van der Waals surface area contributed by atoms with E-state index in [-0.39, 0.29) is 11.4 Å². The van der Waals surface area contributed by atoms with Gasteiger partial charge in [-0.2, -0.15) is 0 Å². The Morgan fingerprint density at radius 1 is 0.686 bits per heavy atom. The minimum atomic E-state index is -0.308. The normalized spacial score (nSPS) is 10.4. The molecule has 0 aliphatic heterocycles. The Bertz CT molecular complexity index is 753.